The van der Waals surface area contributed by atoms with Gasteiger partial charge in [-0.25, -0.2) is 4.79 Å². The molecule has 1 amide bonds. The van der Waals surface area contributed by atoms with Gasteiger partial charge in [0.1, 0.15) is 5.82 Å². The van der Waals surface area contributed by atoms with E-state index in [0.29, 0.717) is 23.6 Å². The summed E-state index contributed by atoms with van der Waals surface area (Å²) in [5, 5.41) is 13.4. The highest BCUT2D eigenvalue weighted by Crippen LogP contribution is 2.12. The molecule has 7 nitrogen and oxygen atoms in total. The normalized spacial score (nSPS) is 9.78. The van der Waals surface area contributed by atoms with Crippen LogP contribution in [0.4, 0.5) is 11.5 Å². The second-order valence-electron chi connectivity index (χ2n) is 4.50. The number of amides is 1. The molecule has 7 heteroatoms. The van der Waals surface area contributed by atoms with Gasteiger partial charge in [0.25, 0.3) is 5.91 Å². The lowest BCUT2D eigenvalue weighted by molar-refractivity contribution is 0.0600. The molecule has 1 aromatic heterocycles. The number of ether oxygens (including phenoxy) is 1. The number of methoxy groups -OCH3 is 1. The average Bonchev–Trinajstić information content (AvgIpc) is 2.60. The van der Waals surface area contributed by atoms with Crippen molar-refractivity contribution in [3.63, 3.8) is 0 Å². The van der Waals surface area contributed by atoms with Gasteiger partial charge >= 0.3 is 5.97 Å². The summed E-state index contributed by atoms with van der Waals surface area (Å²) >= 11 is 0. The summed E-state index contributed by atoms with van der Waals surface area (Å²) < 4.78 is 4.61. The van der Waals surface area contributed by atoms with Crippen LogP contribution in [0, 0.1) is 0 Å². The van der Waals surface area contributed by atoms with E-state index in [-0.39, 0.29) is 5.69 Å². The number of carbonyl (C=O) groups is 2. The molecule has 0 aliphatic heterocycles. The quantitative estimate of drug-likeness (QED) is 0.627. The van der Waals surface area contributed by atoms with Gasteiger partial charge in [-0.05, 0) is 36.4 Å². The monoisotopic (exact) mass is 312 g/mol. The number of benzene rings is 1. The predicted octanol–water partition coefficient (Wildman–Crippen LogP) is 2.11. The van der Waals surface area contributed by atoms with E-state index in [2.05, 4.69) is 32.1 Å². The highest BCUT2D eigenvalue weighted by Gasteiger charge is 2.10. The maximum atomic E-state index is 12.1. The lowest BCUT2D eigenvalue weighted by Crippen LogP contribution is -2.15. The van der Waals surface area contributed by atoms with E-state index < -0.39 is 11.9 Å². The number of anilines is 2. The van der Waals surface area contributed by atoms with Gasteiger partial charge in [0.15, 0.2) is 5.69 Å². The van der Waals surface area contributed by atoms with Crippen molar-refractivity contribution in [2.24, 2.45) is 0 Å². The van der Waals surface area contributed by atoms with Gasteiger partial charge in [0, 0.05) is 12.2 Å². The summed E-state index contributed by atoms with van der Waals surface area (Å²) in [6.07, 6.45) is 1.69. The van der Waals surface area contributed by atoms with E-state index in [1.54, 1.807) is 42.5 Å². The number of hydrogen-bond donors (Lipinski definition) is 2. The highest BCUT2D eigenvalue weighted by molar-refractivity contribution is 6.03. The van der Waals surface area contributed by atoms with E-state index in [4.69, 9.17) is 0 Å². The van der Waals surface area contributed by atoms with Crippen molar-refractivity contribution in [2.45, 2.75) is 0 Å². The standard InChI is InChI=1S/C16H16N4O3/c1-3-10-17-14-9-8-13(19-20-14)15(21)18-12-6-4-11(5-7-12)16(22)23-2/h3-9H,1,10H2,2H3,(H,17,20)(H,18,21). The number of nitrogens with one attached hydrogen (secondary N) is 2. The zero-order valence-electron chi connectivity index (χ0n) is 12.6. The van der Waals surface area contributed by atoms with Crippen LogP contribution < -0.4 is 10.6 Å². The third-order valence-electron chi connectivity index (χ3n) is 2.89. The Hall–Kier alpha value is -3.22. The third kappa shape index (κ3) is 4.37. The molecule has 0 bridgehead atoms. The van der Waals surface area contributed by atoms with Crippen molar-refractivity contribution >= 4 is 23.4 Å². The number of rotatable bonds is 6. The Morgan fingerprint density at radius 2 is 1.91 bits per heavy atom. The topological polar surface area (TPSA) is 93.2 Å². The van der Waals surface area contributed by atoms with Crippen LogP contribution in [-0.4, -0.2) is 35.7 Å². The highest BCUT2D eigenvalue weighted by atomic mass is 16.5. The van der Waals surface area contributed by atoms with E-state index in [9.17, 15) is 9.59 Å². The molecule has 2 aromatic rings. The zero-order valence-corrected chi connectivity index (χ0v) is 12.6. The molecule has 1 heterocycles. The largest absolute Gasteiger partial charge is 0.465 e. The van der Waals surface area contributed by atoms with Crippen molar-refractivity contribution in [1.82, 2.24) is 10.2 Å². The molecule has 2 rings (SSSR count). The molecule has 118 valence electrons. The molecule has 0 radical (unpaired) electrons. The van der Waals surface area contributed by atoms with Crippen molar-refractivity contribution in [2.75, 3.05) is 24.3 Å². The van der Waals surface area contributed by atoms with E-state index >= 15 is 0 Å². The molecule has 0 aliphatic carbocycles. The van der Waals surface area contributed by atoms with Crippen LogP contribution >= 0.6 is 0 Å². The van der Waals surface area contributed by atoms with E-state index in [1.165, 1.54) is 7.11 Å². The molecule has 0 fully saturated rings. The Morgan fingerprint density at radius 1 is 1.17 bits per heavy atom. The molecular formula is C16H16N4O3. The van der Waals surface area contributed by atoms with Crippen LogP contribution in [0.5, 0.6) is 0 Å². The first-order valence-electron chi connectivity index (χ1n) is 6.82. The summed E-state index contributed by atoms with van der Waals surface area (Å²) in [5.74, 6) is -0.265. The number of aromatic nitrogens is 2. The molecule has 0 atom stereocenters. The number of carbonyl (C=O) groups excluding carboxylic acids is 2. The van der Waals surface area contributed by atoms with Crippen molar-refractivity contribution in [3.8, 4) is 0 Å². The molecular weight excluding hydrogens is 296 g/mol. The number of nitrogens with zero attached hydrogens (tertiary/aromatic N) is 2. The van der Waals surface area contributed by atoms with Crippen LogP contribution in [0.2, 0.25) is 0 Å². The van der Waals surface area contributed by atoms with Crippen molar-refractivity contribution < 1.29 is 14.3 Å². The Balaban J connectivity index is 2.01. The predicted molar refractivity (Wildman–Crippen MR) is 86.5 cm³/mol. The van der Waals surface area contributed by atoms with Crippen molar-refractivity contribution in [1.29, 1.82) is 0 Å². The minimum absolute atomic E-state index is 0.186. The first kappa shape index (κ1) is 16.2. The SMILES string of the molecule is C=CCNc1ccc(C(=O)Nc2ccc(C(=O)OC)cc2)nn1. The van der Waals surface area contributed by atoms with E-state index in [1.807, 2.05) is 0 Å². The summed E-state index contributed by atoms with van der Waals surface area (Å²) in [6, 6.07) is 9.57. The first-order chi connectivity index (χ1) is 11.1. The van der Waals surface area contributed by atoms with E-state index in [0.717, 1.165) is 0 Å². The van der Waals surface area contributed by atoms with Gasteiger partial charge in [-0.3, -0.25) is 4.79 Å². The Labute approximate surface area is 133 Å². The summed E-state index contributed by atoms with van der Waals surface area (Å²) in [7, 11) is 1.31. The minimum Gasteiger partial charge on any atom is -0.465 e. The van der Waals surface area contributed by atoms with Gasteiger partial charge in [0.2, 0.25) is 0 Å². The van der Waals surface area contributed by atoms with Gasteiger partial charge in [-0.2, -0.15) is 0 Å². The Kier molecular flexibility index (Phi) is 5.40. The number of esters is 1. The molecule has 23 heavy (non-hydrogen) atoms. The summed E-state index contributed by atoms with van der Waals surface area (Å²) in [5.41, 5.74) is 1.13. The maximum absolute atomic E-state index is 12.1. The molecule has 0 unspecified atom stereocenters. The lowest BCUT2D eigenvalue weighted by Gasteiger charge is -2.06. The summed E-state index contributed by atoms with van der Waals surface area (Å²) in [6.45, 7) is 4.15. The number of hydrogen-bond acceptors (Lipinski definition) is 6. The smallest absolute Gasteiger partial charge is 0.337 e. The fourth-order valence-electron chi connectivity index (χ4n) is 1.73. The maximum Gasteiger partial charge on any atom is 0.337 e. The van der Waals surface area contributed by atoms with Crippen LogP contribution in [0.25, 0.3) is 0 Å². The minimum atomic E-state index is -0.434. The molecule has 0 saturated heterocycles. The molecule has 2 N–H and O–H groups in total. The first-order valence-corrected chi connectivity index (χ1v) is 6.82. The zero-order chi connectivity index (χ0) is 16.7. The fraction of sp³-hybridized carbons (Fsp3) is 0.125. The molecule has 1 aromatic carbocycles. The Morgan fingerprint density at radius 3 is 2.48 bits per heavy atom. The van der Waals surface area contributed by atoms with Crippen LogP contribution in [0.15, 0.2) is 49.1 Å². The van der Waals surface area contributed by atoms with Gasteiger partial charge < -0.3 is 15.4 Å². The average molecular weight is 312 g/mol. The van der Waals surface area contributed by atoms with Crippen LogP contribution in [0.3, 0.4) is 0 Å². The van der Waals surface area contributed by atoms with Gasteiger partial charge in [-0.1, -0.05) is 6.08 Å². The summed E-state index contributed by atoms with van der Waals surface area (Å²) in [4.78, 5) is 23.4. The molecule has 0 saturated carbocycles. The van der Waals surface area contributed by atoms with Crippen molar-refractivity contribution in [3.05, 3.63) is 60.3 Å². The second kappa shape index (κ2) is 7.69. The molecule has 0 aliphatic rings. The van der Waals surface area contributed by atoms with Gasteiger partial charge in [0.05, 0.1) is 12.7 Å². The third-order valence-corrected chi connectivity index (χ3v) is 2.89. The second-order valence-corrected chi connectivity index (χ2v) is 4.50. The van der Waals surface area contributed by atoms with Crippen LogP contribution in [-0.2, 0) is 4.74 Å². The lowest BCUT2D eigenvalue weighted by atomic mass is 10.2. The fourth-order valence-corrected chi connectivity index (χ4v) is 1.73. The van der Waals surface area contributed by atoms with Crippen LogP contribution in [0.1, 0.15) is 20.8 Å². The van der Waals surface area contributed by atoms with Gasteiger partial charge in [-0.15, -0.1) is 16.8 Å². The Bertz CT molecular complexity index is 696. The molecule has 0 spiro atoms.